The first kappa shape index (κ1) is 12.2. The van der Waals surface area contributed by atoms with Gasteiger partial charge in [-0.2, -0.15) is 10.1 Å². The maximum absolute atomic E-state index is 11.9. The van der Waals surface area contributed by atoms with Crippen molar-refractivity contribution in [1.82, 2.24) is 5.01 Å². The molecule has 4 nitrogen and oxygen atoms in total. The minimum Gasteiger partial charge on any atom is -0.267 e. The summed E-state index contributed by atoms with van der Waals surface area (Å²) in [5, 5.41) is 4.80. The third kappa shape index (κ3) is 2.22. The molecule has 2 amide bonds. The molecule has 0 saturated heterocycles. The highest BCUT2D eigenvalue weighted by Gasteiger charge is 2.34. The molecule has 1 heterocycles. The van der Waals surface area contributed by atoms with E-state index in [9.17, 15) is 9.59 Å². The number of imide groups is 1. The first-order valence-corrected chi connectivity index (χ1v) is 5.92. The van der Waals surface area contributed by atoms with Crippen LogP contribution in [-0.2, 0) is 0 Å². The lowest BCUT2D eigenvalue weighted by molar-refractivity contribution is 0.0660. The molecule has 1 aromatic rings. The predicted molar refractivity (Wildman–Crippen MR) is 69.5 cm³/mol. The van der Waals surface area contributed by atoms with Gasteiger partial charge in [-0.3, -0.25) is 9.59 Å². The summed E-state index contributed by atoms with van der Waals surface area (Å²) in [4.78, 5) is 23.8. The second-order valence-electron chi connectivity index (χ2n) is 3.95. The average molecular weight is 242 g/mol. The summed E-state index contributed by atoms with van der Waals surface area (Å²) in [5.41, 5.74) is 0.828. The van der Waals surface area contributed by atoms with Crippen molar-refractivity contribution < 1.29 is 9.59 Å². The highest BCUT2D eigenvalue weighted by Crippen LogP contribution is 2.22. The van der Waals surface area contributed by atoms with Crippen LogP contribution in [0, 0.1) is 0 Å². The Bertz CT molecular complexity index is 497. The van der Waals surface area contributed by atoms with E-state index in [-0.39, 0.29) is 11.8 Å². The molecule has 18 heavy (non-hydrogen) atoms. The fourth-order valence-electron chi connectivity index (χ4n) is 1.71. The first-order valence-electron chi connectivity index (χ1n) is 5.92. The summed E-state index contributed by atoms with van der Waals surface area (Å²) in [7, 11) is 0. The van der Waals surface area contributed by atoms with Gasteiger partial charge < -0.3 is 0 Å². The zero-order chi connectivity index (χ0) is 13.0. The number of hydrogen-bond donors (Lipinski definition) is 0. The maximum Gasteiger partial charge on any atom is 0.282 e. The zero-order valence-corrected chi connectivity index (χ0v) is 10.2. The Kier molecular flexibility index (Phi) is 3.67. The van der Waals surface area contributed by atoms with E-state index in [0.29, 0.717) is 11.1 Å². The number of benzene rings is 1. The van der Waals surface area contributed by atoms with Gasteiger partial charge in [-0.15, -0.1) is 0 Å². The molecule has 4 heteroatoms. The minimum atomic E-state index is -0.365. The van der Waals surface area contributed by atoms with Gasteiger partial charge in [0.15, 0.2) is 0 Å². The van der Waals surface area contributed by atoms with Crippen LogP contribution in [0.15, 0.2) is 41.5 Å². The van der Waals surface area contributed by atoms with Crippen molar-refractivity contribution in [3.8, 4) is 0 Å². The van der Waals surface area contributed by atoms with Gasteiger partial charge >= 0.3 is 0 Å². The Balaban J connectivity index is 2.14. The molecule has 1 aliphatic rings. The van der Waals surface area contributed by atoms with Crippen LogP contribution in [0.3, 0.4) is 0 Å². The predicted octanol–water partition coefficient (Wildman–Crippen LogP) is 2.62. The van der Waals surface area contributed by atoms with E-state index in [2.05, 4.69) is 12.0 Å². The Labute approximate surface area is 106 Å². The third-order valence-corrected chi connectivity index (χ3v) is 2.63. The number of unbranched alkanes of at least 4 members (excludes halogenated alkanes) is 1. The molecule has 0 radical (unpaired) electrons. The van der Waals surface area contributed by atoms with Crippen molar-refractivity contribution in [1.29, 1.82) is 0 Å². The molecule has 0 atom stereocenters. The summed E-state index contributed by atoms with van der Waals surface area (Å²) in [6, 6.07) is 6.74. The van der Waals surface area contributed by atoms with Crippen LogP contribution in [0.25, 0.3) is 0 Å². The maximum atomic E-state index is 11.9. The number of rotatable bonds is 4. The van der Waals surface area contributed by atoms with Crippen LogP contribution in [0.1, 0.15) is 40.5 Å². The van der Waals surface area contributed by atoms with E-state index in [1.165, 1.54) is 6.21 Å². The summed E-state index contributed by atoms with van der Waals surface area (Å²) in [6.45, 7) is 2.08. The number of nitrogens with zero attached hydrogens (tertiary/aromatic N) is 2. The molecular formula is C14H14N2O2. The van der Waals surface area contributed by atoms with E-state index >= 15 is 0 Å². The Hall–Kier alpha value is -2.23. The number of allylic oxidation sites excluding steroid dienone is 2. The highest BCUT2D eigenvalue weighted by atomic mass is 16.2. The summed E-state index contributed by atoms with van der Waals surface area (Å²) < 4.78 is 0. The highest BCUT2D eigenvalue weighted by molar-refractivity contribution is 6.21. The molecular weight excluding hydrogens is 228 g/mol. The monoisotopic (exact) mass is 242 g/mol. The standard InChI is InChI=1S/C14H14N2O2/c1-2-3-4-7-10-15-16-13(17)11-8-5-6-9-12(11)14(16)18/h4-10H,2-3H2,1H3. The van der Waals surface area contributed by atoms with Crippen LogP contribution in [0.4, 0.5) is 0 Å². The number of amides is 2. The van der Waals surface area contributed by atoms with Crippen molar-refractivity contribution in [2.45, 2.75) is 19.8 Å². The largest absolute Gasteiger partial charge is 0.282 e. The average Bonchev–Trinajstić information content (AvgIpc) is 2.64. The quantitative estimate of drug-likeness (QED) is 0.602. The van der Waals surface area contributed by atoms with Gasteiger partial charge in [0.1, 0.15) is 0 Å². The first-order chi connectivity index (χ1) is 8.75. The molecule has 0 saturated carbocycles. The fourth-order valence-corrected chi connectivity index (χ4v) is 1.71. The van der Waals surface area contributed by atoms with E-state index in [0.717, 1.165) is 17.9 Å². The smallest absolute Gasteiger partial charge is 0.267 e. The molecule has 0 aromatic heterocycles. The summed E-state index contributed by atoms with van der Waals surface area (Å²) >= 11 is 0. The van der Waals surface area contributed by atoms with Gasteiger partial charge in [-0.25, -0.2) is 0 Å². The second kappa shape index (κ2) is 5.40. The zero-order valence-electron chi connectivity index (χ0n) is 10.2. The molecule has 1 aliphatic heterocycles. The minimum absolute atomic E-state index is 0.365. The summed E-state index contributed by atoms with van der Waals surface area (Å²) in [5.74, 6) is -0.730. The van der Waals surface area contributed by atoms with Gasteiger partial charge in [-0.05, 0) is 24.6 Å². The molecule has 0 spiro atoms. The van der Waals surface area contributed by atoms with Crippen LogP contribution in [-0.4, -0.2) is 23.0 Å². The molecule has 0 fully saturated rings. The number of hydrogen-bond acceptors (Lipinski definition) is 3. The van der Waals surface area contributed by atoms with Gasteiger partial charge in [0.05, 0.1) is 11.1 Å². The van der Waals surface area contributed by atoms with Gasteiger partial charge in [0, 0.05) is 6.21 Å². The van der Waals surface area contributed by atoms with Crippen LogP contribution in [0.5, 0.6) is 0 Å². The van der Waals surface area contributed by atoms with Crippen molar-refractivity contribution in [3.63, 3.8) is 0 Å². The van der Waals surface area contributed by atoms with Crippen molar-refractivity contribution in [2.75, 3.05) is 0 Å². The topological polar surface area (TPSA) is 49.7 Å². The third-order valence-electron chi connectivity index (χ3n) is 2.63. The normalized spacial score (nSPS) is 15.1. The van der Waals surface area contributed by atoms with Gasteiger partial charge in [-0.1, -0.05) is 31.6 Å². The summed E-state index contributed by atoms with van der Waals surface area (Å²) in [6.07, 6.45) is 7.16. The molecule has 0 aliphatic carbocycles. The SMILES string of the molecule is CCCC=CC=NN1C(=O)c2ccccc2C1=O. The number of hydrazone groups is 1. The van der Waals surface area contributed by atoms with Crippen molar-refractivity contribution in [2.24, 2.45) is 5.10 Å². The van der Waals surface area contributed by atoms with E-state index < -0.39 is 0 Å². The Morgan fingerprint density at radius 2 is 1.78 bits per heavy atom. The molecule has 1 aromatic carbocycles. The van der Waals surface area contributed by atoms with E-state index in [1.54, 1.807) is 30.3 Å². The number of carbonyl (C=O) groups excluding carboxylic acids is 2. The van der Waals surface area contributed by atoms with E-state index in [4.69, 9.17) is 0 Å². The molecule has 0 unspecified atom stereocenters. The molecule has 92 valence electrons. The number of carbonyl (C=O) groups is 2. The van der Waals surface area contributed by atoms with Crippen LogP contribution in [0.2, 0.25) is 0 Å². The lowest BCUT2D eigenvalue weighted by Gasteiger charge is -2.03. The van der Waals surface area contributed by atoms with Crippen LogP contribution < -0.4 is 0 Å². The van der Waals surface area contributed by atoms with Gasteiger partial charge in [0.25, 0.3) is 11.8 Å². The lowest BCUT2D eigenvalue weighted by atomic mass is 10.1. The van der Waals surface area contributed by atoms with Crippen LogP contribution >= 0.6 is 0 Å². The van der Waals surface area contributed by atoms with E-state index in [1.807, 2.05) is 6.08 Å². The lowest BCUT2D eigenvalue weighted by Crippen LogP contribution is -2.23. The Morgan fingerprint density at radius 1 is 1.17 bits per heavy atom. The molecule has 0 bridgehead atoms. The fraction of sp³-hybridized carbons (Fsp3) is 0.214. The van der Waals surface area contributed by atoms with Crippen molar-refractivity contribution in [3.05, 3.63) is 47.5 Å². The van der Waals surface area contributed by atoms with Gasteiger partial charge in [0.2, 0.25) is 0 Å². The number of fused-ring (bicyclic) bond motifs is 1. The molecule has 2 rings (SSSR count). The molecule has 0 N–H and O–H groups in total. The second-order valence-corrected chi connectivity index (χ2v) is 3.95. The van der Waals surface area contributed by atoms with Crippen molar-refractivity contribution >= 4 is 18.0 Å². The Morgan fingerprint density at radius 3 is 2.33 bits per heavy atom.